The quantitative estimate of drug-likeness (QED) is 0.598. The summed E-state index contributed by atoms with van der Waals surface area (Å²) in [5.74, 6) is 0.916. The molecule has 0 aliphatic carbocycles. The van der Waals surface area contributed by atoms with Gasteiger partial charge in [0.15, 0.2) is 0 Å². The predicted molar refractivity (Wildman–Crippen MR) is 54.4 cm³/mol. The Balaban J connectivity index is 2.44. The first-order chi connectivity index (χ1) is 6.27. The van der Waals surface area contributed by atoms with E-state index in [0.29, 0.717) is 0 Å². The summed E-state index contributed by atoms with van der Waals surface area (Å²) in [4.78, 5) is 13.2. The van der Waals surface area contributed by atoms with E-state index in [1.807, 2.05) is 4.90 Å². The van der Waals surface area contributed by atoms with Gasteiger partial charge in [0.2, 0.25) is 5.91 Å². The fourth-order valence-corrected chi connectivity index (χ4v) is 1.92. The van der Waals surface area contributed by atoms with Gasteiger partial charge in [-0.25, -0.2) is 0 Å². The second-order valence-electron chi connectivity index (χ2n) is 3.73. The molecule has 74 valence electrons. The summed E-state index contributed by atoms with van der Waals surface area (Å²) in [5, 5.41) is 0. The second kappa shape index (κ2) is 5.05. The first kappa shape index (κ1) is 10.3. The Labute approximate surface area is 80.6 Å². The highest BCUT2D eigenvalue weighted by atomic mass is 16.2. The van der Waals surface area contributed by atoms with Crippen molar-refractivity contribution in [3.05, 3.63) is 12.7 Å². The normalized spacial score (nSPS) is 23.8. The number of likely N-dealkylation sites (tertiary alicyclic amines) is 1. The summed E-state index contributed by atoms with van der Waals surface area (Å²) >= 11 is 0. The summed E-state index contributed by atoms with van der Waals surface area (Å²) in [5.41, 5.74) is 0. The van der Waals surface area contributed by atoms with Crippen molar-refractivity contribution in [3.8, 4) is 0 Å². The van der Waals surface area contributed by atoms with Gasteiger partial charge in [-0.2, -0.15) is 0 Å². The first-order valence-corrected chi connectivity index (χ1v) is 5.19. The minimum Gasteiger partial charge on any atom is -0.339 e. The van der Waals surface area contributed by atoms with Crippen molar-refractivity contribution in [2.24, 2.45) is 5.92 Å². The van der Waals surface area contributed by atoms with Gasteiger partial charge >= 0.3 is 0 Å². The average molecular weight is 181 g/mol. The standard InChI is InChI=1S/C11H19NO/c1-3-10-6-5-8-12(9-7-10)11(13)4-2/h4,10H,2-3,5-9H2,1H3. The van der Waals surface area contributed by atoms with Crippen LogP contribution in [0.15, 0.2) is 12.7 Å². The van der Waals surface area contributed by atoms with E-state index in [1.165, 1.54) is 18.9 Å². The zero-order valence-electron chi connectivity index (χ0n) is 8.46. The fourth-order valence-electron chi connectivity index (χ4n) is 1.92. The van der Waals surface area contributed by atoms with Crippen LogP contribution in [0, 0.1) is 5.92 Å². The molecule has 0 N–H and O–H groups in total. The molecule has 1 atom stereocenters. The molecule has 1 aliphatic heterocycles. The number of amides is 1. The highest BCUT2D eigenvalue weighted by Crippen LogP contribution is 2.20. The van der Waals surface area contributed by atoms with Crippen molar-refractivity contribution in [2.45, 2.75) is 32.6 Å². The molecular weight excluding hydrogens is 162 g/mol. The smallest absolute Gasteiger partial charge is 0.245 e. The molecule has 2 heteroatoms. The lowest BCUT2D eigenvalue weighted by Crippen LogP contribution is -2.30. The van der Waals surface area contributed by atoms with E-state index in [4.69, 9.17) is 0 Å². The molecule has 1 amide bonds. The molecule has 13 heavy (non-hydrogen) atoms. The Bertz CT molecular complexity index is 189. The minimum absolute atomic E-state index is 0.0942. The van der Waals surface area contributed by atoms with Gasteiger partial charge in [0.25, 0.3) is 0 Å². The molecular formula is C11H19NO. The van der Waals surface area contributed by atoms with Gasteiger partial charge in [0.1, 0.15) is 0 Å². The topological polar surface area (TPSA) is 20.3 Å². The van der Waals surface area contributed by atoms with E-state index >= 15 is 0 Å². The summed E-state index contributed by atoms with van der Waals surface area (Å²) in [6.45, 7) is 7.58. The first-order valence-electron chi connectivity index (χ1n) is 5.19. The molecule has 0 aromatic rings. The SMILES string of the molecule is C=CC(=O)N1CCCC(CC)CC1. The summed E-state index contributed by atoms with van der Waals surface area (Å²) < 4.78 is 0. The summed E-state index contributed by atoms with van der Waals surface area (Å²) in [6.07, 6.45) is 6.26. The van der Waals surface area contributed by atoms with Crippen molar-refractivity contribution in [1.29, 1.82) is 0 Å². The molecule has 0 bridgehead atoms. The van der Waals surface area contributed by atoms with E-state index in [9.17, 15) is 4.79 Å². The van der Waals surface area contributed by atoms with Crippen LogP contribution in [-0.4, -0.2) is 23.9 Å². The Morgan fingerprint density at radius 3 is 2.92 bits per heavy atom. The van der Waals surface area contributed by atoms with Gasteiger partial charge in [-0.05, 0) is 31.3 Å². The van der Waals surface area contributed by atoms with Crippen molar-refractivity contribution >= 4 is 5.91 Å². The predicted octanol–water partition coefficient (Wildman–Crippen LogP) is 2.21. The van der Waals surface area contributed by atoms with Crippen LogP contribution in [0.2, 0.25) is 0 Å². The molecule has 0 aromatic heterocycles. The van der Waals surface area contributed by atoms with Crippen LogP contribution in [-0.2, 0) is 4.79 Å². The lowest BCUT2D eigenvalue weighted by atomic mass is 9.98. The minimum atomic E-state index is 0.0942. The number of nitrogens with zero attached hydrogens (tertiary/aromatic N) is 1. The Kier molecular flexibility index (Phi) is 4.00. The molecule has 1 rings (SSSR count). The van der Waals surface area contributed by atoms with Crippen LogP contribution < -0.4 is 0 Å². The van der Waals surface area contributed by atoms with Crippen LogP contribution in [0.3, 0.4) is 0 Å². The van der Waals surface area contributed by atoms with E-state index in [2.05, 4.69) is 13.5 Å². The molecule has 1 saturated heterocycles. The Hall–Kier alpha value is -0.790. The van der Waals surface area contributed by atoms with Crippen molar-refractivity contribution in [2.75, 3.05) is 13.1 Å². The van der Waals surface area contributed by atoms with Crippen LogP contribution in [0.4, 0.5) is 0 Å². The monoisotopic (exact) mass is 181 g/mol. The molecule has 1 fully saturated rings. The third-order valence-electron chi connectivity index (χ3n) is 2.91. The Morgan fingerprint density at radius 2 is 2.31 bits per heavy atom. The molecule has 0 radical (unpaired) electrons. The van der Waals surface area contributed by atoms with Gasteiger partial charge in [-0.1, -0.05) is 19.9 Å². The summed E-state index contributed by atoms with van der Waals surface area (Å²) in [7, 11) is 0. The maximum atomic E-state index is 11.3. The van der Waals surface area contributed by atoms with E-state index in [1.54, 1.807) is 0 Å². The molecule has 1 unspecified atom stereocenters. The largest absolute Gasteiger partial charge is 0.339 e. The van der Waals surface area contributed by atoms with Crippen LogP contribution >= 0.6 is 0 Å². The van der Waals surface area contributed by atoms with Gasteiger partial charge in [0.05, 0.1) is 0 Å². The lowest BCUT2D eigenvalue weighted by molar-refractivity contribution is -0.125. The number of hydrogen-bond acceptors (Lipinski definition) is 1. The zero-order valence-corrected chi connectivity index (χ0v) is 8.46. The molecule has 1 aliphatic rings. The number of rotatable bonds is 2. The Morgan fingerprint density at radius 1 is 1.54 bits per heavy atom. The zero-order chi connectivity index (χ0) is 9.68. The fraction of sp³-hybridized carbons (Fsp3) is 0.727. The van der Waals surface area contributed by atoms with Gasteiger partial charge < -0.3 is 4.90 Å². The summed E-state index contributed by atoms with van der Waals surface area (Å²) in [6, 6.07) is 0. The van der Waals surface area contributed by atoms with Crippen LogP contribution in [0.25, 0.3) is 0 Å². The number of carbonyl (C=O) groups excluding carboxylic acids is 1. The highest BCUT2D eigenvalue weighted by molar-refractivity contribution is 5.86. The molecule has 0 aromatic carbocycles. The van der Waals surface area contributed by atoms with Crippen LogP contribution in [0.5, 0.6) is 0 Å². The van der Waals surface area contributed by atoms with Gasteiger partial charge in [-0.3, -0.25) is 4.79 Å². The number of hydrogen-bond donors (Lipinski definition) is 0. The third kappa shape index (κ3) is 2.87. The van der Waals surface area contributed by atoms with E-state index in [0.717, 1.165) is 31.8 Å². The van der Waals surface area contributed by atoms with Crippen molar-refractivity contribution < 1.29 is 4.79 Å². The number of carbonyl (C=O) groups is 1. The van der Waals surface area contributed by atoms with Crippen molar-refractivity contribution in [3.63, 3.8) is 0 Å². The van der Waals surface area contributed by atoms with E-state index < -0.39 is 0 Å². The third-order valence-corrected chi connectivity index (χ3v) is 2.91. The lowest BCUT2D eigenvalue weighted by Gasteiger charge is -2.18. The van der Waals surface area contributed by atoms with Crippen molar-refractivity contribution in [1.82, 2.24) is 4.90 Å². The van der Waals surface area contributed by atoms with Crippen LogP contribution in [0.1, 0.15) is 32.6 Å². The highest BCUT2D eigenvalue weighted by Gasteiger charge is 2.17. The second-order valence-corrected chi connectivity index (χ2v) is 3.73. The maximum absolute atomic E-state index is 11.3. The van der Waals surface area contributed by atoms with Gasteiger partial charge in [0, 0.05) is 13.1 Å². The maximum Gasteiger partial charge on any atom is 0.245 e. The molecule has 1 heterocycles. The van der Waals surface area contributed by atoms with Gasteiger partial charge in [-0.15, -0.1) is 0 Å². The average Bonchev–Trinajstić information content (AvgIpc) is 2.41. The molecule has 0 spiro atoms. The van der Waals surface area contributed by atoms with E-state index in [-0.39, 0.29) is 5.91 Å². The molecule has 0 saturated carbocycles. The molecule has 2 nitrogen and oxygen atoms in total.